The molecule has 3 amide bonds. The maximum atomic E-state index is 15.0. The number of nitrogens with one attached hydrogen (secondary N) is 2. The molecule has 1 aliphatic carbocycles. The molecule has 1 aliphatic heterocycles. The number of benzene rings is 2. The van der Waals surface area contributed by atoms with Crippen LogP contribution in [0.3, 0.4) is 0 Å². The van der Waals surface area contributed by atoms with Gasteiger partial charge in [-0.2, -0.15) is 0 Å². The molecule has 248 valence electrons. The number of Topliss-reactive ketones (excluding diaryl/α,β-unsaturated/α-hetero) is 1. The molecule has 0 radical (unpaired) electrons. The van der Waals surface area contributed by atoms with Crippen LogP contribution in [0.5, 0.6) is 0 Å². The zero-order valence-corrected chi connectivity index (χ0v) is 27.7. The van der Waals surface area contributed by atoms with Gasteiger partial charge in [0.25, 0.3) is 5.91 Å². The van der Waals surface area contributed by atoms with Gasteiger partial charge in [-0.05, 0) is 49.4 Å². The molecule has 2 N–H and O–H groups in total. The van der Waals surface area contributed by atoms with Gasteiger partial charge in [0, 0.05) is 19.3 Å². The number of ketones is 1. The molecule has 1 unspecified atom stereocenters. The molecule has 47 heavy (non-hydrogen) atoms. The molecule has 2 heterocycles. The van der Waals surface area contributed by atoms with Crippen molar-refractivity contribution in [2.24, 2.45) is 0 Å². The second-order valence-electron chi connectivity index (χ2n) is 11.8. The summed E-state index contributed by atoms with van der Waals surface area (Å²) in [5, 5.41) is 3.96. The highest BCUT2D eigenvalue weighted by molar-refractivity contribution is 7.92. The summed E-state index contributed by atoms with van der Waals surface area (Å²) >= 11 is 12.1. The highest BCUT2D eigenvalue weighted by Crippen LogP contribution is 2.51. The molecular formula is C33H33Cl2FN4O6S. The minimum Gasteiger partial charge on any atom is -0.345 e. The summed E-state index contributed by atoms with van der Waals surface area (Å²) in [7, 11) is -4.15. The zero-order chi connectivity index (χ0) is 33.9. The van der Waals surface area contributed by atoms with Crippen LogP contribution in [-0.2, 0) is 41.0 Å². The normalized spacial score (nSPS) is 19.1. The van der Waals surface area contributed by atoms with Gasteiger partial charge in [0.1, 0.15) is 11.9 Å². The van der Waals surface area contributed by atoms with Gasteiger partial charge in [-0.1, -0.05) is 79.0 Å². The second-order valence-corrected chi connectivity index (χ2v) is 14.8. The zero-order valence-electron chi connectivity index (χ0n) is 25.4. The number of amides is 3. The molecule has 1 saturated carbocycles. The van der Waals surface area contributed by atoms with Crippen molar-refractivity contribution >= 4 is 56.5 Å². The summed E-state index contributed by atoms with van der Waals surface area (Å²) < 4.78 is 42.6. The van der Waals surface area contributed by atoms with Crippen molar-refractivity contribution in [1.82, 2.24) is 20.5 Å². The number of nitrogens with zero attached hydrogens (tertiary/aromatic N) is 2. The Morgan fingerprint density at radius 2 is 1.74 bits per heavy atom. The van der Waals surface area contributed by atoms with Crippen LogP contribution in [0.15, 0.2) is 71.8 Å². The maximum absolute atomic E-state index is 15.0. The van der Waals surface area contributed by atoms with E-state index in [4.69, 9.17) is 23.2 Å². The fraction of sp³-hybridized carbons (Fsp3) is 0.364. The van der Waals surface area contributed by atoms with Crippen LogP contribution in [0.2, 0.25) is 10.0 Å². The Kier molecular flexibility index (Phi) is 10.3. The number of carbonyl (C=O) groups is 4. The van der Waals surface area contributed by atoms with E-state index in [-0.39, 0.29) is 59.4 Å². The predicted octanol–water partition coefficient (Wildman–Crippen LogP) is 4.17. The van der Waals surface area contributed by atoms with Crippen LogP contribution in [0.25, 0.3) is 0 Å². The van der Waals surface area contributed by atoms with Crippen LogP contribution in [0.1, 0.15) is 50.3 Å². The van der Waals surface area contributed by atoms with Gasteiger partial charge in [-0.25, -0.2) is 12.8 Å². The lowest BCUT2D eigenvalue weighted by atomic mass is 9.98. The molecule has 3 atom stereocenters. The lowest BCUT2D eigenvalue weighted by molar-refractivity contribution is -0.143. The Morgan fingerprint density at radius 3 is 2.38 bits per heavy atom. The van der Waals surface area contributed by atoms with Gasteiger partial charge in [0.2, 0.25) is 17.6 Å². The number of hydrogen-bond donors (Lipinski definition) is 2. The molecule has 5 rings (SSSR count). The number of rotatable bonds is 12. The monoisotopic (exact) mass is 702 g/mol. The highest BCUT2D eigenvalue weighted by atomic mass is 35.5. The number of hydrogen-bond acceptors (Lipinski definition) is 7. The van der Waals surface area contributed by atoms with Gasteiger partial charge in [0.15, 0.2) is 9.84 Å². The molecule has 2 aromatic carbocycles. The third-order valence-corrected chi connectivity index (χ3v) is 11.4. The van der Waals surface area contributed by atoms with Crippen molar-refractivity contribution in [2.75, 3.05) is 6.54 Å². The summed E-state index contributed by atoms with van der Waals surface area (Å²) in [6.45, 7) is 1.49. The summed E-state index contributed by atoms with van der Waals surface area (Å²) in [4.78, 5) is 59.2. The number of sulfone groups is 1. The molecule has 2 fully saturated rings. The van der Waals surface area contributed by atoms with E-state index in [0.29, 0.717) is 6.42 Å². The third-order valence-electron chi connectivity index (χ3n) is 8.56. The van der Waals surface area contributed by atoms with Crippen LogP contribution in [-0.4, -0.2) is 65.7 Å². The Bertz CT molecular complexity index is 1810. The number of likely N-dealkylation sites (tertiary alicyclic amines) is 1. The number of carbonyl (C=O) groups excluding carboxylic acids is 4. The van der Waals surface area contributed by atoms with Crippen molar-refractivity contribution in [3.63, 3.8) is 0 Å². The van der Waals surface area contributed by atoms with E-state index in [1.165, 1.54) is 24.4 Å². The number of aromatic nitrogens is 1. The molecule has 3 aromatic rings. The summed E-state index contributed by atoms with van der Waals surface area (Å²) in [6, 6.07) is 13.3. The first-order valence-electron chi connectivity index (χ1n) is 15.2. The first kappa shape index (κ1) is 34.5. The van der Waals surface area contributed by atoms with Gasteiger partial charge in [0.05, 0.1) is 37.3 Å². The van der Waals surface area contributed by atoms with E-state index in [2.05, 4.69) is 15.6 Å². The van der Waals surface area contributed by atoms with Crippen LogP contribution in [0.4, 0.5) is 4.39 Å². The van der Waals surface area contributed by atoms with Crippen molar-refractivity contribution in [3.8, 4) is 0 Å². The number of pyridine rings is 1. The van der Waals surface area contributed by atoms with Crippen LogP contribution in [0, 0.1) is 5.82 Å². The standard InChI is InChI=1S/C33H33Cl2FN4O6S/c1-2-8-25(28(41)31(43)38-17-20-9-4-3-5-10-20)39-30(42)26-16-22(47(45,46)27-12-7-6-11-23(27)35)19-40(26)32(44)33(13-14-33)29-24(36)15-21(34)18-37-29/h3-7,9-12,15,18,22,25-26H,2,8,13-14,16-17,19H2,1H3,(H,38,43)(H,39,42)/t22-,25?,26+/m1/s1. The lowest BCUT2D eigenvalue weighted by Crippen LogP contribution is -2.54. The Morgan fingerprint density at radius 1 is 1.06 bits per heavy atom. The van der Waals surface area contributed by atoms with E-state index < -0.39 is 61.9 Å². The van der Waals surface area contributed by atoms with Crippen molar-refractivity contribution in [1.29, 1.82) is 0 Å². The molecule has 1 saturated heterocycles. The van der Waals surface area contributed by atoms with Crippen molar-refractivity contribution in [2.45, 2.75) is 73.2 Å². The Labute approximate surface area is 281 Å². The predicted molar refractivity (Wildman–Crippen MR) is 173 cm³/mol. The minimum absolute atomic E-state index is 0.0144. The smallest absolute Gasteiger partial charge is 0.289 e. The second kappa shape index (κ2) is 14.1. The van der Waals surface area contributed by atoms with Crippen LogP contribution >= 0.6 is 23.2 Å². The molecule has 10 nitrogen and oxygen atoms in total. The minimum atomic E-state index is -4.15. The first-order valence-corrected chi connectivity index (χ1v) is 17.5. The van der Waals surface area contributed by atoms with Crippen LogP contribution < -0.4 is 10.6 Å². The summed E-state index contributed by atoms with van der Waals surface area (Å²) in [6.07, 6.45) is 1.91. The molecular weight excluding hydrogens is 670 g/mol. The van der Waals surface area contributed by atoms with E-state index in [1.54, 1.807) is 37.3 Å². The molecule has 1 aromatic heterocycles. The molecule has 0 spiro atoms. The SMILES string of the molecule is CCCC(NC(=O)[C@@H]1C[C@@H](S(=O)(=O)c2ccccc2Cl)CN1C(=O)C1(c2ncc(Cl)cc2F)CC1)C(=O)C(=O)NCc1ccccc1. The van der Waals surface area contributed by atoms with Gasteiger partial charge in [-0.15, -0.1) is 0 Å². The summed E-state index contributed by atoms with van der Waals surface area (Å²) in [5.74, 6) is -4.04. The van der Waals surface area contributed by atoms with E-state index >= 15 is 4.39 Å². The molecule has 2 aliphatic rings. The average Bonchev–Trinajstić information content (AvgIpc) is 3.72. The van der Waals surface area contributed by atoms with Gasteiger partial charge >= 0.3 is 0 Å². The van der Waals surface area contributed by atoms with Gasteiger partial charge < -0.3 is 15.5 Å². The molecule has 0 bridgehead atoms. The van der Waals surface area contributed by atoms with E-state index in [9.17, 15) is 27.6 Å². The van der Waals surface area contributed by atoms with Gasteiger partial charge in [-0.3, -0.25) is 24.2 Å². The Balaban J connectivity index is 1.42. The molecule has 14 heteroatoms. The third kappa shape index (κ3) is 7.19. The fourth-order valence-electron chi connectivity index (χ4n) is 5.92. The fourth-order valence-corrected chi connectivity index (χ4v) is 8.28. The van der Waals surface area contributed by atoms with Crippen molar-refractivity contribution in [3.05, 3.63) is 94.0 Å². The van der Waals surface area contributed by atoms with E-state index in [0.717, 1.165) is 16.5 Å². The van der Waals surface area contributed by atoms with Crippen molar-refractivity contribution < 1.29 is 32.0 Å². The number of halogens is 3. The highest BCUT2D eigenvalue weighted by Gasteiger charge is 2.59. The maximum Gasteiger partial charge on any atom is 0.289 e. The average molecular weight is 704 g/mol. The largest absolute Gasteiger partial charge is 0.345 e. The quantitative estimate of drug-likeness (QED) is 0.270. The first-order chi connectivity index (χ1) is 22.4. The topological polar surface area (TPSA) is 143 Å². The Hall–Kier alpha value is -3.87. The van der Waals surface area contributed by atoms with E-state index in [1.807, 2.05) is 6.07 Å². The lowest BCUT2D eigenvalue weighted by Gasteiger charge is -2.29. The summed E-state index contributed by atoms with van der Waals surface area (Å²) in [5.41, 5.74) is -0.777.